The summed E-state index contributed by atoms with van der Waals surface area (Å²) in [7, 11) is 1.62. The van der Waals surface area contributed by atoms with Crippen LogP contribution < -0.4 is 14.8 Å². The van der Waals surface area contributed by atoms with Gasteiger partial charge in [0.25, 0.3) is 5.91 Å². The normalized spacial score (nSPS) is 14.7. The van der Waals surface area contributed by atoms with E-state index in [1.165, 1.54) is 0 Å². The predicted octanol–water partition coefficient (Wildman–Crippen LogP) is 2.52. The summed E-state index contributed by atoms with van der Waals surface area (Å²) in [6.07, 6.45) is 1.53. The third kappa shape index (κ3) is 5.47. The Bertz CT molecular complexity index is 757. The van der Waals surface area contributed by atoms with Crippen LogP contribution in [0.1, 0.15) is 30.1 Å². The SMILES string of the molecule is COc1ccc(C(O)CNCc2ccccc2OCC(=O)N2CCCC2)cc1. The molecule has 1 saturated heterocycles. The summed E-state index contributed by atoms with van der Waals surface area (Å²) in [5.74, 6) is 1.50. The van der Waals surface area contributed by atoms with Crippen molar-refractivity contribution in [2.24, 2.45) is 0 Å². The van der Waals surface area contributed by atoms with Gasteiger partial charge in [-0.3, -0.25) is 4.79 Å². The molecule has 1 amide bonds. The second-order valence-corrected chi connectivity index (χ2v) is 6.90. The molecular formula is C22H28N2O4. The molecule has 0 aromatic heterocycles. The molecule has 0 bridgehead atoms. The third-order valence-corrected chi connectivity index (χ3v) is 4.94. The van der Waals surface area contributed by atoms with Gasteiger partial charge in [0.2, 0.25) is 0 Å². The maximum atomic E-state index is 12.2. The van der Waals surface area contributed by atoms with E-state index >= 15 is 0 Å². The minimum absolute atomic E-state index is 0.0372. The summed E-state index contributed by atoms with van der Waals surface area (Å²) in [4.78, 5) is 14.0. The van der Waals surface area contributed by atoms with Gasteiger partial charge in [0.05, 0.1) is 13.2 Å². The quantitative estimate of drug-likeness (QED) is 0.695. The number of likely N-dealkylation sites (tertiary alicyclic amines) is 1. The largest absolute Gasteiger partial charge is 0.497 e. The highest BCUT2D eigenvalue weighted by Gasteiger charge is 2.18. The Kier molecular flexibility index (Phi) is 7.28. The van der Waals surface area contributed by atoms with Crippen molar-refractivity contribution in [2.75, 3.05) is 33.4 Å². The first-order chi connectivity index (χ1) is 13.7. The van der Waals surface area contributed by atoms with E-state index in [1.807, 2.05) is 53.4 Å². The summed E-state index contributed by atoms with van der Waals surface area (Å²) in [6.45, 7) is 2.67. The molecule has 6 nitrogen and oxygen atoms in total. The van der Waals surface area contributed by atoms with Gasteiger partial charge in [0, 0.05) is 31.7 Å². The molecule has 3 rings (SSSR count). The van der Waals surface area contributed by atoms with E-state index in [-0.39, 0.29) is 12.5 Å². The lowest BCUT2D eigenvalue weighted by molar-refractivity contribution is -0.132. The number of para-hydroxylation sites is 1. The maximum Gasteiger partial charge on any atom is 0.260 e. The zero-order valence-corrected chi connectivity index (χ0v) is 16.3. The van der Waals surface area contributed by atoms with Crippen LogP contribution in [0.5, 0.6) is 11.5 Å². The van der Waals surface area contributed by atoms with Crippen molar-refractivity contribution in [3.05, 3.63) is 59.7 Å². The number of aliphatic hydroxyl groups is 1. The van der Waals surface area contributed by atoms with E-state index in [4.69, 9.17) is 9.47 Å². The van der Waals surface area contributed by atoms with E-state index in [0.29, 0.717) is 18.8 Å². The molecular weight excluding hydrogens is 356 g/mol. The summed E-state index contributed by atoms with van der Waals surface area (Å²) in [5, 5.41) is 13.6. The molecule has 2 aromatic carbocycles. The number of nitrogens with zero attached hydrogens (tertiary/aromatic N) is 1. The lowest BCUT2D eigenvalue weighted by Crippen LogP contribution is -2.32. The number of methoxy groups -OCH3 is 1. The lowest BCUT2D eigenvalue weighted by Gasteiger charge is -2.17. The molecule has 0 spiro atoms. The highest BCUT2D eigenvalue weighted by atomic mass is 16.5. The number of hydrogen-bond acceptors (Lipinski definition) is 5. The third-order valence-electron chi connectivity index (χ3n) is 4.94. The number of nitrogens with one attached hydrogen (secondary N) is 1. The van der Waals surface area contributed by atoms with Gasteiger partial charge >= 0.3 is 0 Å². The van der Waals surface area contributed by atoms with Crippen molar-refractivity contribution in [2.45, 2.75) is 25.5 Å². The fourth-order valence-electron chi connectivity index (χ4n) is 3.28. The molecule has 2 aromatic rings. The number of carbonyl (C=O) groups excluding carboxylic acids is 1. The van der Waals surface area contributed by atoms with Crippen LogP contribution in [-0.4, -0.2) is 49.3 Å². The van der Waals surface area contributed by atoms with Crippen LogP contribution in [0.3, 0.4) is 0 Å². The average molecular weight is 384 g/mol. The van der Waals surface area contributed by atoms with Gasteiger partial charge < -0.3 is 24.8 Å². The molecule has 0 aliphatic carbocycles. The smallest absolute Gasteiger partial charge is 0.260 e. The number of rotatable bonds is 9. The summed E-state index contributed by atoms with van der Waals surface area (Å²) in [5.41, 5.74) is 1.78. The van der Waals surface area contributed by atoms with Crippen LogP contribution in [0, 0.1) is 0 Å². The van der Waals surface area contributed by atoms with E-state index in [0.717, 1.165) is 42.8 Å². The number of hydrogen-bond donors (Lipinski definition) is 2. The van der Waals surface area contributed by atoms with E-state index in [2.05, 4.69) is 5.32 Å². The molecule has 1 fully saturated rings. The van der Waals surface area contributed by atoms with Crippen LogP contribution in [0.4, 0.5) is 0 Å². The van der Waals surface area contributed by atoms with Crippen LogP contribution in [0.15, 0.2) is 48.5 Å². The Morgan fingerprint density at radius 1 is 1.14 bits per heavy atom. The number of ether oxygens (including phenoxy) is 2. The van der Waals surface area contributed by atoms with Crippen molar-refractivity contribution >= 4 is 5.91 Å². The molecule has 0 radical (unpaired) electrons. The Morgan fingerprint density at radius 3 is 2.57 bits per heavy atom. The first-order valence-electron chi connectivity index (χ1n) is 9.68. The van der Waals surface area contributed by atoms with Crippen LogP contribution in [0.25, 0.3) is 0 Å². The van der Waals surface area contributed by atoms with Crippen molar-refractivity contribution in [1.29, 1.82) is 0 Å². The van der Waals surface area contributed by atoms with Gasteiger partial charge in [-0.2, -0.15) is 0 Å². The number of amides is 1. The van der Waals surface area contributed by atoms with Gasteiger partial charge in [-0.05, 0) is 36.6 Å². The van der Waals surface area contributed by atoms with Crippen LogP contribution in [-0.2, 0) is 11.3 Å². The van der Waals surface area contributed by atoms with Crippen LogP contribution in [0.2, 0.25) is 0 Å². The van der Waals surface area contributed by atoms with Gasteiger partial charge in [-0.25, -0.2) is 0 Å². The summed E-state index contributed by atoms with van der Waals surface area (Å²) in [6, 6.07) is 15.0. The molecule has 2 N–H and O–H groups in total. The van der Waals surface area contributed by atoms with Gasteiger partial charge in [-0.15, -0.1) is 0 Å². The second kappa shape index (κ2) is 10.1. The Morgan fingerprint density at radius 2 is 1.86 bits per heavy atom. The monoisotopic (exact) mass is 384 g/mol. The standard InChI is InChI=1S/C22H28N2O4/c1-27-19-10-8-17(9-11-19)20(25)15-23-14-18-6-2-3-7-21(18)28-16-22(26)24-12-4-5-13-24/h2-3,6-11,20,23,25H,4-5,12-16H2,1H3. The topological polar surface area (TPSA) is 71.0 Å². The van der Waals surface area contributed by atoms with Crippen molar-refractivity contribution in [1.82, 2.24) is 10.2 Å². The first-order valence-corrected chi connectivity index (χ1v) is 9.68. The average Bonchev–Trinajstić information content (AvgIpc) is 3.28. The highest BCUT2D eigenvalue weighted by Crippen LogP contribution is 2.20. The zero-order valence-electron chi connectivity index (χ0n) is 16.3. The van der Waals surface area contributed by atoms with Gasteiger partial charge in [0.15, 0.2) is 6.61 Å². The molecule has 6 heteroatoms. The minimum atomic E-state index is -0.615. The zero-order chi connectivity index (χ0) is 19.8. The maximum absolute atomic E-state index is 12.2. The lowest BCUT2D eigenvalue weighted by atomic mass is 10.1. The second-order valence-electron chi connectivity index (χ2n) is 6.90. The number of carbonyl (C=O) groups is 1. The Hall–Kier alpha value is -2.57. The van der Waals surface area contributed by atoms with E-state index in [1.54, 1.807) is 7.11 Å². The highest BCUT2D eigenvalue weighted by molar-refractivity contribution is 5.78. The number of benzene rings is 2. The fourth-order valence-corrected chi connectivity index (χ4v) is 3.28. The van der Waals surface area contributed by atoms with E-state index < -0.39 is 6.10 Å². The van der Waals surface area contributed by atoms with Crippen molar-refractivity contribution in [3.8, 4) is 11.5 Å². The Balaban J connectivity index is 1.49. The van der Waals surface area contributed by atoms with Crippen molar-refractivity contribution < 1.29 is 19.4 Å². The first kappa shape index (κ1) is 20.2. The number of aliphatic hydroxyl groups excluding tert-OH is 1. The molecule has 1 aliphatic rings. The molecule has 1 heterocycles. The molecule has 150 valence electrons. The summed E-state index contributed by atoms with van der Waals surface area (Å²) >= 11 is 0. The summed E-state index contributed by atoms with van der Waals surface area (Å²) < 4.78 is 10.9. The molecule has 1 unspecified atom stereocenters. The predicted molar refractivity (Wildman–Crippen MR) is 107 cm³/mol. The van der Waals surface area contributed by atoms with Crippen LogP contribution >= 0.6 is 0 Å². The molecule has 0 saturated carbocycles. The van der Waals surface area contributed by atoms with Gasteiger partial charge in [-0.1, -0.05) is 30.3 Å². The molecule has 1 atom stereocenters. The van der Waals surface area contributed by atoms with E-state index in [9.17, 15) is 9.90 Å². The molecule has 28 heavy (non-hydrogen) atoms. The molecule has 1 aliphatic heterocycles. The Labute approximate surface area is 166 Å². The van der Waals surface area contributed by atoms with Crippen molar-refractivity contribution in [3.63, 3.8) is 0 Å². The van der Waals surface area contributed by atoms with Gasteiger partial charge in [0.1, 0.15) is 11.5 Å². The minimum Gasteiger partial charge on any atom is -0.497 e. The fraction of sp³-hybridized carbons (Fsp3) is 0.409.